The smallest absolute Gasteiger partial charge is 0.317 e. The van der Waals surface area contributed by atoms with Gasteiger partial charge in [-0.15, -0.1) is 0 Å². The van der Waals surface area contributed by atoms with E-state index in [0.29, 0.717) is 52.1 Å². The number of rotatable bonds is 5. The van der Waals surface area contributed by atoms with Crippen LogP contribution in [0.25, 0.3) is 0 Å². The lowest BCUT2D eigenvalue weighted by atomic mass is 9.88. The van der Waals surface area contributed by atoms with Crippen LogP contribution in [0.2, 0.25) is 0 Å². The minimum atomic E-state index is -0.309. The van der Waals surface area contributed by atoms with Gasteiger partial charge >= 0.3 is 6.03 Å². The largest absolute Gasteiger partial charge is 0.339 e. The number of amides is 4. The van der Waals surface area contributed by atoms with Crippen molar-refractivity contribution in [1.29, 1.82) is 0 Å². The molecule has 170 valence electrons. The van der Waals surface area contributed by atoms with Crippen LogP contribution in [0.5, 0.6) is 0 Å². The maximum absolute atomic E-state index is 13.4. The Labute approximate surface area is 183 Å². The standard InChI is InChI=1S/C23H33FN4O3/c1-3-4-11-25-23(31)28-16-19(7-10-21(28)18-5-8-20(24)9-6-18)22(30)27-14-12-26(13-15-27)17(2)29/h5-6,8-9,19,21H,3-4,7,10-16H2,1-2H3,(H,25,31)/t19-,21-/m0/s1. The number of piperidine rings is 1. The van der Waals surface area contributed by atoms with Crippen molar-refractivity contribution in [2.24, 2.45) is 5.92 Å². The van der Waals surface area contributed by atoms with E-state index in [1.54, 1.807) is 28.9 Å². The van der Waals surface area contributed by atoms with Crippen molar-refractivity contribution in [3.63, 3.8) is 0 Å². The van der Waals surface area contributed by atoms with E-state index in [9.17, 15) is 18.8 Å². The molecule has 4 amide bonds. The first-order valence-electron chi connectivity index (χ1n) is 11.2. The lowest BCUT2D eigenvalue weighted by Crippen LogP contribution is -2.55. The molecule has 1 aromatic carbocycles. The van der Waals surface area contributed by atoms with Gasteiger partial charge in [0.1, 0.15) is 5.82 Å². The Hall–Kier alpha value is -2.64. The van der Waals surface area contributed by atoms with Gasteiger partial charge in [0.15, 0.2) is 0 Å². The SMILES string of the molecule is CCCCNC(=O)N1C[C@@H](C(=O)N2CCN(C(C)=O)CC2)CC[C@H]1c1ccc(F)cc1. The zero-order valence-corrected chi connectivity index (χ0v) is 18.5. The molecule has 8 heteroatoms. The first-order chi connectivity index (χ1) is 14.9. The Bertz CT molecular complexity index is 778. The van der Waals surface area contributed by atoms with Crippen molar-refractivity contribution in [1.82, 2.24) is 20.0 Å². The van der Waals surface area contributed by atoms with Crippen molar-refractivity contribution < 1.29 is 18.8 Å². The molecule has 1 N–H and O–H groups in total. The van der Waals surface area contributed by atoms with Crippen LogP contribution in [0.15, 0.2) is 24.3 Å². The molecule has 2 saturated heterocycles. The fourth-order valence-electron chi connectivity index (χ4n) is 4.40. The predicted molar refractivity (Wildman–Crippen MR) is 116 cm³/mol. The Kier molecular flexibility index (Phi) is 7.87. The van der Waals surface area contributed by atoms with Gasteiger partial charge in [-0.2, -0.15) is 0 Å². The summed E-state index contributed by atoms with van der Waals surface area (Å²) in [6.07, 6.45) is 3.20. The number of halogens is 1. The van der Waals surface area contributed by atoms with Crippen molar-refractivity contribution in [2.75, 3.05) is 39.3 Å². The third-order valence-electron chi connectivity index (χ3n) is 6.29. The number of benzene rings is 1. The van der Waals surface area contributed by atoms with Gasteiger partial charge in [0.25, 0.3) is 0 Å². The highest BCUT2D eigenvalue weighted by atomic mass is 19.1. The van der Waals surface area contributed by atoms with Gasteiger partial charge in [0.2, 0.25) is 11.8 Å². The molecule has 3 rings (SSSR count). The molecule has 0 unspecified atom stereocenters. The van der Waals surface area contributed by atoms with E-state index in [0.717, 1.165) is 18.4 Å². The van der Waals surface area contributed by atoms with E-state index in [1.165, 1.54) is 12.1 Å². The minimum Gasteiger partial charge on any atom is -0.339 e. The number of piperazine rings is 1. The molecule has 2 aliphatic rings. The first kappa shape index (κ1) is 23.0. The molecule has 0 saturated carbocycles. The summed E-state index contributed by atoms with van der Waals surface area (Å²) in [5.74, 6) is -0.497. The summed E-state index contributed by atoms with van der Waals surface area (Å²) < 4.78 is 13.4. The lowest BCUT2D eigenvalue weighted by Gasteiger charge is -2.42. The number of hydrogen-bond acceptors (Lipinski definition) is 3. The summed E-state index contributed by atoms with van der Waals surface area (Å²) >= 11 is 0. The molecule has 0 spiro atoms. The molecule has 31 heavy (non-hydrogen) atoms. The summed E-state index contributed by atoms with van der Waals surface area (Å²) in [5.41, 5.74) is 0.882. The van der Waals surface area contributed by atoms with Gasteiger partial charge in [0.05, 0.1) is 12.0 Å². The second kappa shape index (κ2) is 10.6. The molecule has 0 bridgehead atoms. The fraction of sp³-hybridized carbons (Fsp3) is 0.609. The molecule has 0 radical (unpaired) electrons. The van der Waals surface area contributed by atoms with Crippen LogP contribution in [0.4, 0.5) is 9.18 Å². The second-order valence-corrected chi connectivity index (χ2v) is 8.41. The summed E-state index contributed by atoms with van der Waals surface area (Å²) in [6, 6.07) is 5.90. The molecule has 0 aromatic heterocycles. The van der Waals surface area contributed by atoms with E-state index in [2.05, 4.69) is 12.2 Å². The minimum absolute atomic E-state index is 0.0295. The number of carbonyl (C=O) groups is 3. The zero-order chi connectivity index (χ0) is 22.4. The average molecular weight is 433 g/mol. The molecule has 1 aromatic rings. The van der Waals surface area contributed by atoms with Crippen molar-refractivity contribution in [3.05, 3.63) is 35.6 Å². The highest BCUT2D eigenvalue weighted by molar-refractivity contribution is 5.82. The van der Waals surface area contributed by atoms with E-state index in [4.69, 9.17) is 0 Å². The Morgan fingerprint density at radius 3 is 2.29 bits per heavy atom. The predicted octanol–water partition coefficient (Wildman–Crippen LogP) is 2.78. The summed E-state index contributed by atoms with van der Waals surface area (Å²) in [6.45, 7) is 6.69. The van der Waals surface area contributed by atoms with Crippen molar-refractivity contribution >= 4 is 17.8 Å². The van der Waals surface area contributed by atoms with Crippen molar-refractivity contribution in [3.8, 4) is 0 Å². The molecule has 2 fully saturated rings. The highest BCUT2D eigenvalue weighted by Crippen LogP contribution is 2.34. The topological polar surface area (TPSA) is 73.0 Å². The maximum atomic E-state index is 13.4. The number of unbranched alkanes of at least 4 members (excludes halogenated alkanes) is 1. The molecule has 0 aliphatic carbocycles. The molecular formula is C23H33FN4O3. The Morgan fingerprint density at radius 2 is 1.68 bits per heavy atom. The van der Waals surface area contributed by atoms with Gasteiger partial charge < -0.3 is 20.0 Å². The monoisotopic (exact) mass is 432 g/mol. The van der Waals surface area contributed by atoms with Gasteiger partial charge in [0, 0.05) is 46.2 Å². The van der Waals surface area contributed by atoms with Crippen LogP contribution in [0.1, 0.15) is 51.1 Å². The summed E-state index contributed by atoms with van der Waals surface area (Å²) in [5, 5.41) is 2.97. The van der Waals surface area contributed by atoms with Crippen LogP contribution in [-0.2, 0) is 9.59 Å². The Morgan fingerprint density at radius 1 is 1.03 bits per heavy atom. The zero-order valence-electron chi connectivity index (χ0n) is 18.5. The van der Waals surface area contributed by atoms with E-state index in [1.807, 2.05) is 4.90 Å². The number of likely N-dealkylation sites (tertiary alicyclic amines) is 1. The highest BCUT2D eigenvalue weighted by Gasteiger charge is 2.37. The number of nitrogens with one attached hydrogen (secondary N) is 1. The normalized spacial score (nSPS) is 21.7. The van der Waals surface area contributed by atoms with Crippen LogP contribution < -0.4 is 5.32 Å². The van der Waals surface area contributed by atoms with E-state index >= 15 is 0 Å². The van der Waals surface area contributed by atoms with Crippen LogP contribution >= 0.6 is 0 Å². The van der Waals surface area contributed by atoms with Gasteiger partial charge in [-0.1, -0.05) is 25.5 Å². The average Bonchev–Trinajstić information content (AvgIpc) is 2.79. The summed E-state index contributed by atoms with van der Waals surface area (Å²) in [4.78, 5) is 43.0. The molecule has 2 atom stereocenters. The van der Waals surface area contributed by atoms with Crippen LogP contribution in [0, 0.1) is 11.7 Å². The van der Waals surface area contributed by atoms with E-state index < -0.39 is 0 Å². The molecule has 2 heterocycles. The lowest BCUT2D eigenvalue weighted by molar-refractivity contribution is -0.142. The van der Waals surface area contributed by atoms with Crippen LogP contribution in [-0.4, -0.2) is 71.8 Å². The number of hydrogen-bond donors (Lipinski definition) is 1. The second-order valence-electron chi connectivity index (χ2n) is 8.41. The third-order valence-corrected chi connectivity index (χ3v) is 6.29. The number of carbonyl (C=O) groups excluding carboxylic acids is 3. The quantitative estimate of drug-likeness (QED) is 0.728. The molecular weight excluding hydrogens is 399 g/mol. The fourth-order valence-corrected chi connectivity index (χ4v) is 4.40. The van der Waals surface area contributed by atoms with Crippen molar-refractivity contribution in [2.45, 2.75) is 45.6 Å². The molecule has 7 nitrogen and oxygen atoms in total. The van der Waals surface area contributed by atoms with Gasteiger partial charge in [-0.3, -0.25) is 9.59 Å². The number of nitrogens with zero attached hydrogens (tertiary/aromatic N) is 3. The first-order valence-corrected chi connectivity index (χ1v) is 11.2. The Balaban J connectivity index is 1.69. The maximum Gasteiger partial charge on any atom is 0.317 e. The van der Waals surface area contributed by atoms with Crippen LogP contribution in [0.3, 0.4) is 0 Å². The third kappa shape index (κ3) is 5.74. The number of urea groups is 1. The van der Waals surface area contributed by atoms with Gasteiger partial charge in [-0.05, 0) is 37.0 Å². The molecule has 2 aliphatic heterocycles. The summed E-state index contributed by atoms with van der Waals surface area (Å²) in [7, 11) is 0. The van der Waals surface area contributed by atoms with E-state index in [-0.39, 0.29) is 35.6 Å². The van der Waals surface area contributed by atoms with Gasteiger partial charge in [-0.25, -0.2) is 9.18 Å².